The summed E-state index contributed by atoms with van der Waals surface area (Å²) in [5.74, 6) is 1.51. The quantitative estimate of drug-likeness (QED) is 0.210. The van der Waals surface area contributed by atoms with Crippen molar-refractivity contribution in [2.75, 3.05) is 0 Å². The van der Waals surface area contributed by atoms with Gasteiger partial charge in [-0.2, -0.15) is 0 Å². The average molecular weight is 559 g/mol. The third-order valence-corrected chi connectivity index (χ3v) is 7.77. The molecular formula is C36H40N2Ni. The van der Waals surface area contributed by atoms with Crippen LogP contribution in [0.15, 0.2) is 82.8 Å². The first-order valence-corrected chi connectivity index (χ1v) is 14.1. The second-order valence-electron chi connectivity index (χ2n) is 11.8. The van der Waals surface area contributed by atoms with E-state index in [2.05, 4.69) is 128 Å². The predicted molar refractivity (Wildman–Crippen MR) is 166 cm³/mol. The summed E-state index contributed by atoms with van der Waals surface area (Å²) in [6.45, 7) is 18.1. The Kier molecular flexibility index (Phi) is 8.62. The summed E-state index contributed by atoms with van der Waals surface area (Å²) in [5, 5.41) is 2.49. The first-order valence-electron chi connectivity index (χ1n) is 14.1. The summed E-state index contributed by atoms with van der Waals surface area (Å²) in [7, 11) is 0. The minimum absolute atomic E-state index is 0. The van der Waals surface area contributed by atoms with E-state index in [0.717, 1.165) is 22.8 Å². The Labute approximate surface area is 244 Å². The Balaban J connectivity index is 0.00000353. The van der Waals surface area contributed by atoms with Gasteiger partial charge in [-0.05, 0) is 51.3 Å². The van der Waals surface area contributed by atoms with Gasteiger partial charge in [-0.15, -0.1) is 0 Å². The number of rotatable bonds is 6. The summed E-state index contributed by atoms with van der Waals surface area (Å²) in [6, 6.07) is 26.5. The molecular weight excluding hydrogens is 519 g/mol. The van der Waals surface area contributed by atoms with Crippen LogP contribution in [0.5, 0.6) is 0 Å². The van der Waals surface area contributed by atoms with Crippen LogP contribution in [0.3, 0.4) is 0 Å². The van der Waals surface area contributed by atoms with Crippen molar-refractivity contribution in [3.63, 3.8) is 0 Å². The summed E-state index contributed by atoms with van der Waals surface area (Å²) in [4.78, 5) is 11.1. The Bertz CT molecular complexity index is 1400. The van der Waals surface area contributed by atoms with Crippen LogP contribution in [0.4, 0.5) is 11.4 Å². The fourth-order valence-corrected chi connectivity index (χ4v) is 5.72. The fourth-order valence-electron chi connectivity index (χ4n) is 5.72. The van der Waals surface area contributed by atoms with Crippen molar-refractivity contribution in [2.24, 2.45) is 9.98 Å². The van der Waals surface area contributed by atoms with Gasteiger partial charge in [-0.3, -0.25) is 0 Å². The third kappa shape index (κ3) is 5.27. The molecule has 0 spiro atoms. The first kappa shape index (κ1) is 29.0. The van der Waals surface area contributed by atoms with E-state index >= 15 is 0 Å². The van der Waals surface area contributed by atoms with Crippen molar-refractivity contribution in [3.05, 3.63) is 106 Å². The maximum absolute atomic E-state index is 5.55. The molecule has 0 saturated heterocycles. The van der Waals surface area contributed by atoms with E-state index in [1.165, 1.54) is 44.2 Å². The van der Waals surface area contributed by atoms with Gasteiger partial charge in [0.2, 0.25) is 0 Å². The van der Waals surface area contributed by atoms with Gasteiger partial charge in [0.1, 0.15) is 0 Å². The van der Waals surface area contributed by atoms with Crippen LogP contribution in [-0.2, 0) is 16.5 Å². The fraction of sp³-hybridized carbons (Fsp3) is 0.333. The summed E-state index contributed by atoms with van der Waals surface area (Å²) in [5.41, 5.74) is 11.7. The molecule has 0 aromatic heterocycles. The van der Waals surface area contributed by atoms with Gasteiger partial charge in [-0.25, -0.2) is 9.98 Å². The maximum atomic E-state index is 5.55. The molecule has 0 amide bonds. The molecule has 0 aliphatic heterocycles. The molecule has 0 N–H and O–H groups in total. The molecule has 0 saturated carbocycles. The van der Waals surface area contributed by atoms with E-state index in [9.17, 15) is 0 Å². The number of aliphatic imine (C=N–C) groups is 2. The van der Waals surface area contributed by atoms with Crippen LogP contribution in [-0.4, -0.2) is 11.4 Å². The first-order chi connectivity index (χ1) is 18.2. The predicted octanol–water partition coefficient (Wildman–Crippen LogP) is 10.6. The smallest absolute Gasteiger partial charge is 0.0979 e. The van der Waals surface area contributed by atoms with Gasteiger partial charge in [0.25, 0.3) is 0 Å². The van der Waals surface area contributed by atoms with Crippen LogP contribution in [0, 0.1) is 0 Å². The van der Waals surface area contributed by atoms with Crippen molar-refractivity contribution in [1.82, 2.24) is 0 Å². The van der Waals surface area contributed by atoms with E-state index in [0.29, 0.717) is 23.7 Å². The largest absolute Gasteiger partial charge is 0.245 e. The summed E-state index contributed by atoms with van der Waals surface area (Å²) in [6.07, 6.45) is 0. The van der Waals surface area contributed by atoms with Gasteiger partial charge in [0.05, 0.1) is 22.8 Å². The Morgan fingerprint density at radius 3 is 1.05 bits per heavy atom. The molecule has 1 aliphatic carbocycles. The molecule has 0 heterocycles. The number of nitrogens with zero attached hydrogens (tertiary/aromatic N) is 2. The summed E-state index contributed by atoms with van der Waals surface area (Å²) < 4.78 is 0. The zero-order valence-corrected chi connectivity index (χ0v) is 25.4. The van der Waals surface area contributed by atoms with Crippen LogP contribution in [0.25, 0.3) is 10.8 Å². The molecule has 39 heavy (non-hydrogen) atoms. The molecule has 1 aliphatic rings. The van der Waals surface area contributed by atoms with Crippen molar-refractivity contribution in [3.8, 4) is 0 Å². The Morgan fingerprint density at radius 1 is 0.436 bits per heavy atom. The number of benzene rings is 4. The van der Waals surface area contributed by atoms with Crippen LogP contribution in [0.1, 0.15) is 112 Å². The summed E-state index contributed by atoms with van der Waals surface area (Å²) >= 11 is 0. The standard InChI is InChI=1S/C36H40N2.Ni/c1-21(2)26-15-11-16-27(22(3)4)33(26)37-35-30-19-9-13-25-14-10-20-31(32(25)30)36(35)38-34-28(23(5)6)17-12-18-29(34)24(7)8;/h9-24H,1-8H3;. The molecule has 3 heteroatoms. The van der Waals surface area contributed by atoms with Gasteiger partial charge in [0.15, 0.2) is 0 Å². The van der Waals surface area contributed by atoms with E-state index in [1.807, 2.05) is 0 Å². The number of hydrogen-bond acceptors (Lipinski definition) is 2. The minimum Gasteiger partial charge on any atom is -0.245 e. The zero-order chi connectivity index (χ0) is 27.1. The number of hydrogen-bond donors (Lipinski definition) is 0. The normalized spacial score (nSPS) is 15.0. The van der Waals surface area contributed by atoms with Crippen molar-refractivity contribution in [1.29, 1.82) is 0 Å². The molecule has 0 radical (unpaired) electrons. The topological polar surface area (TPSA) is 24.7 Å². The van der Waals surface area contributed by atoms with Crippen LogP contribution >= 0.6 is 0 Å². The maximum Gasteiger partial charge on any atom is 0.0979 e. The second-order valence-corrected chi connectivity index (χ2v) is 11.8. The molecule has 0 unspecified atom stereocenters. The molecule has 2 nitrogen and oxygen atoms in total. The molecule has 4 aromatic rings. The number of para-hydroxylation sites is 2. The van der Waals surface area contributed by atoms with Crippen molar-refractivity contribution in [2.45, 2.75) is 79.1 Å². The monoisotopic (exact) mass is 558 g/mol. The third-order valence-electron chi connectivity index (χ3n) is 7.77. The molecule has 204 valence electrons. The molecule has 4 aromatic carbocycles. The minimum atomic E-state index is 0. The van der Waals surface area contributed by atoms with E-state index in [-0.39, 0.29) is 16.5 Å². The Morgan fingerprint density at radius 2 is 0.744 bits per heavy atom. The van der Waals surface area contributed by atoms with Gasteiger partial charge in [-0.1, -0.05) is 128 Å². The average Bonchev–Trinajstić information content (AvgIpc) is 3.17. The van der Waals surface area contributed by atoms with Crippen molar-refractivity contribution >= 4 is 33.6 Å². The van der Waals surface area contributed by atoms with Crippen LogP contribution < -0.4 is 0 Å². The van der Waals surface area contributed by atoms with E-state index in [1.54, 1.807) is 0 Å². The van der Waals surface area contributed by atoms with E-state index in [4.69, 9.17) is 9.98 Å². The Hall–Kier alpha value is -3.03. The van der Waals surface area contributed by atoms with Crippen LogP contribution in [0.2, 0.25) is 0 Å². The SMILES string of the molecule is CC(C)c1cccc(C(C)C)c1N=C1C(=Nc2c(C(C)C)cccc2C(C)C)c2cccc3cccc1c23.[Ni]. The van der Waals surface area contributed by atoms with Gasteiger partial charge >= 0.3 is 0 Å². The molecule has 0 atom stereocenters. The van der Waals surface area contributed by atoms with Gasteiger partial charge in [0, 0.05) is 33.0 Å². The molecule has 0 fully saturated rings. The zero-order valence-electron chi connectivity index (χ0n) is 24.4. The van der Waals surface area contributed by atoms with Gasteiger partial charge < -0.3 is 0 Å². The molecule has 5 rings (SSSR count). The van der Waals surface area contributed by atoms with Crippen molar-refractivity contribution < 1.29 is 16.5 Å². The second kappa shape index (κ2) is 11.6. The molecule has 0 bridgehead atoms. The van der Waals surface area contributed by atoms with E-state index < -0.39 is 0 Å².